The Labute approximate surface area is 126 Å². The van der Waals surface area contributed by atoms with E-state index < -0.39 is 5.97 Å². The van der Waals surface area contributed by atoms with Crippen LogP contribution in [-0.4, -0.2) is 39.1 Å². The third kappa shape index (κ3) is 3.81. The number of carboxylic acid groups (broad SMARTS) is 1. The zero-order valence-corrected chi connectivity index (χ0v) is 12.2. The van der Waals surface area contributed by atoms with Crippen LogP contribution in [0, 0.1) is 6.92 Å². The zero-order chi connectivity index (χ0) is 16.1. The lowest BCUT2D eigenvalue weighted by Gasteiger charge is -2.09. The number of aryl methyl sites for hydroxylation is 1. The van der Waals surface area contributed by atoms with E-state index in [0.29, 0.717) is 6.54 Å². The van der Waals surface area contributed by atoms with Gasteiger partial charge in [0.25, 0.3) is 0 Å². The van der Waals surface area contributed by atoms with Crippen molar-refractivity contribution in [1.82, 2.24) is 20.3 Å². The number of nitrogens with one attached hydrogen (secondary N) is 1. The Bertz CT molecular complexity index is 696. The molecule has 0 fully saturated rings. The Kier molecular flexibility index (Phi) is 4.72. The predicted molar refractivity (Wildman–Crippen MR) is 76.6 cm³/mol. The van der Waals surface area contributed by atoms with E-state index in [1.54, 1.807) is 7.11 Å². The summed E-state index contributed by atoms with van der Waals surface area (Å²) in [6.45, 7) is 2.19. The molecule has 22 heavy (non-hydrogen) atoms. The number of aromatic carboxylic acids is 1. The first-order chi connectivity index (χ1) is 10.5. The lowest BCUT2D eigenvalue weighted by atomic mass is 10.1. The van der Waals surface area contributed by atoms with Crippen LogP contribution in [0.3, 0.4) is 0 Å². The van der Waals surface area contributed by atoms with Gasteiger partial charge in [-0.1, -0.05) is 17.3 Å². The van der Waals surface area contributed by atoms with Gasteiger partial charge in [0.15, 0.2) is 5.69 Å². The topological polar surface area (TPSA) is 106 Å². The third-order valence-electron chi connectivity index (χ3n) is 3.03. The van der Waals surface area contributed by atoms with Crippen LogP contribution in [0.4, 0.5) is 0 Å². The molecule has 2 rings (SSSR count). The van der Waals surface area contributed by atoms with E-state index in [-0.39, 0.29) is 18.1 Å². The molecule has 0 aliphatic carbocycles. The molecule has 8 nitrogen and oxygen atoms in total. The highest BCUT2D eigenvalue weighted by Crippen LogP contribution is 2.18. The van der Waals surface area contributed by atoms with Crippen LogP contribution in [-0.2, 0) is 17.9 Å². The van der Waals surface area contributed by atoms with E-state index in [0.717, 1.165) is 16.9 Å². The normalized spacial score (nSPS) is 10.3. The van der Waals surface area contributed by atoms with Gasteiger partial charge in [-0.05, 0) is 24.1 Å². The van der Waals surface area contributed by atoms with Crippen LogP contribution in [0.15, 0.2) is 24.4 Å². The van der Waals surface area contributed by atoms with Gasteiger partial charge >= 0.3 is 5.97 Å². The molecule has 0 atom stereocenters. The number of amides is 1. The van der Waals surface area contributed by atoms with Crippen molar-refractivity contribution < 1.29 is 19.4 Å². The van der Waals surface area contributed by atoms with Gasteiger partial charge in [-0.3, -0.25) is 4.79 Å². The highest BCUT2D eigenvalue weighted by molar-refractivity contribution is 5.84. The number of benzene rings is 1. The van der Waals surface area contributed by atoms with E-state index in [1.807, 2.05) is 25.1 Å². The van der Waals surface area contributed by atoms with Crippen molar-refractivity contribution in [2.45, 2.75) is 20.0 Å². The molecule has 1 heterocycles. The van der Waals surface area contributed by atoms with Gasteiger partial charge in [0, 0.05) is 6.54 Å². The summed E-state index contributed by atoms with van der Waals surface area (Å²) in [5.74, 6) is -0.714. The van der Waals surface area contributed by atoms with E-state index in [1.165, 1.54) is 10.9 Å². The largest absolute Gasteiger partial charge is 0.496 e. The average molecular weight is 304 g/mol. The van der Waals surface area contributed by atoms with E-state index in [9.17, 15) is 9.59 Å². The molecular weight excluding hydrogens is 288 g/mol. The molecular formula is C14H16N4O4. The first kappa shape index (κ1) is 15.5. The number of ether oxygens (including phenoxy) is 1. The Balaban J connectivity index is 1.90. The van der Waals surface area contributed by atoms with E-state index in [2.05, 4.69) is 15.6 Å². The number of hydrogen-bond donors (Lipinski definition) is 2. The summed E-state index contributed by atoms with van der Waals surface area (Å²) in [5.41, 5.74) is 1.72. The number of methoxy groups -OCH3 is 1. The number of carbonyl (C=O) groups is 2. The first-order valence-electron chi connectivity index (χ1n) is 6.53. The minimum Gasteiger partial charge on any atom is -0.496 e. The molecule has 1 aromatic carbocycles. The first-order valence-corrected chi connectivity index (χ1v) is 6.53. The molecule has 0 bridgehead atoms. The molecule has 0 aliphatic rings. The van der Waals surface area contributed by atoms with Crippen molar-refractivity contribution in [3.8, 4) is 5.75 Å². The fraction of sp³-hybridized carbons (Fsp3) is 0.286. The summed E-state index contributed by atoms with van der Waals surface area (Å²) in [6, 6.07) is 5.67. The van der Waals surface area contributed by atoms with Crippen molar-refractivity contribution in [3.05, 3.63) is 41.2 Å². The fourth-order valence-electron chi connectivity index (χ4n) is 1.85. The quantitative estimate of drug-likeness (QED) is 0.810. The maximum Gasteiger partial charge on any atom is 0.358 e. The molecule has 8 heteroatoms. The second-order valence-corrected chi connectivity index (χ2v) is 4.69. The van der Waals surface area contributed by atoms with Gasteiger partial charge in [-0.2, -0.15) is 0 Å². The monoisotopic (exact) mass is 304 g/mol. The van der Waals surface area contributed by atoms with Gasteiger partial charge < -0.3 is 15.2 Å². The Morgan fingerprint density at radius 1 is 1.41 bits per heavy atom. The number of carboxylic acids is 1. The average Bonchev–Trinajstić information content (AvgIpc) is 2.95. The van der Waals surface area contributed by atoms with Crippen molar-refractivity contribution in [1.29, 1.82) is 0 Å². The number of nitrogens with zero attached hydrogens (tertiary/aromatic N) is 3. The number of rotatable bonds is 6. The molecule has 2 N–H and O–H groups in total. The van der Waals surface area contributed by atoms with Gasteiger partial charge in [0.1, 0.15) is 12.3 Å². The summed E-state index contributed by atoms with van der Waals surface area (Å²) in [4.78, 5) is 22.5. The minimum absolute atomic E-state index is 0.0940. The summed E-state index contributed by atoms with van der Waals surface area (Å²) in [6.07, 6.45) is 1.21. The van der Waals surface area contributed by atoms with Crippen LogP contribution < -0.4 is 10.1 Å². The van der Waals surface area contributed by atoms with E-state index >= 15 is 0 Å². The summed E-state index contributed by atoms with van der Waals surface area (Å²) < 4.78 is 6.40. The Morgan fingerprint density at radius 2 is 2.18 bits per heavy atom. The molecule has 2 aromatic rings. The summed E-state index contributed by atoms with van der Waals surface area (Å²) >= 11 is 0. The smallest absolute Gasteiger partial charge is 0.358 e. The molecule has 0 aliphatic heterocycles. The molecule has 0 radical (unpaired) electrons. The second-order valence-electron chi connectivity index (χ2n) is 4.69. The maximum atomic E-state index is 11.8. The highest BCUT2D eigenvalue weighted by atomic mass is 16.5. The van der Waals surface area contributed by atoms with Crippen molar-refractivity contribution in [3.63, 3.8) is 0 Å². The third-order valence-corrected chi connectivity index (χ3v) is 3.03. The Morgan fingerprint density at radius 3 is 2.82 bits per heavy atom. The standard InChI is InChI=1S/C14H16N4O4/c1-9-3-4-10(5-12(9)22-2)6-15-13(19)8-18-7-11(14(20)21)16-17-18/h3-5,7H,6,8H2,1-2H3,(H,15,19)(H,20,21). The number of aromatic nitrogens is 3. The highest BCUT2D eigenvalue weighted by Gasteiger charge is 2.10. The molecule has 0 unspecified atom stereocenters. The van der Waals surface area contributed by atoms with Crippen LogP contribution in [0.1, 0.15) is 21.6 Å². The minimum atomic E-state index is -1.18. The summed E-state index contributed by atoms with van der Waals surface area (Å²) in [5, 5.41) is 18.5. The van der Waals surface area contributed by atoms with Crippen molar-refractivity contribution in [2.75, 3.05) is 7.11 Å². The van der Waals surface area contributed by atoms with Gasteiger partial charge in [0.2, 0.25) is 5.91 Å². The zero-order valence-electron chi connectivity index (χ0n) is 12.2. The van der Waals surface area contributed by atoms with Crippen LogP contribution in [0.2, 0.25) is 0 Å². The predicted octanol–water partition coefficient (Wildman–Crippen LogP) is 0.610. The van der Waals surface area contributed by atoms with Crippen molar-refractivity contribution in [2.24, 2.45) is 0 Å². The molecule has 0 saturated heterocycles. The van der Waals surface area contributed by atoms with Crippen LogP contribution in [0.25, 0.3) is 0 Å². The van der Waals surface area contributed by atoms with E-state index in [4.69, 9.17) is 9.84 Å². The van der Waals surface area contributed by atoms with Crippen molar-refractivity contribution >= 4 is 11.9 Å². The SMILES string of the molecule is COc1cc(CNC(=O)Cn2cc(C(=O)O)nn2)ccc1C. The molecule has 1 aromatic heterocycles. The van der Waals surface area contributed by atoms with Crippen LogP contribution in [0.5, 0.6) is 5.75 Å². The molecule has 0 saturated carbocycles. The Hall–Kier alpha value is -2.90. The van der Waals surface area contributed by atoms with Gasteiger partial charge in [-0.15, -0.1) is 5.10 Å². The maximum absolute atomic E-state index is 11.8. The second kappa shape index (κ2) is 6.70. The molecule has 1 amide bonds. The lowest BCUT2D eigenvalue weighted by Crippen LogP contribution is -2.27. The summed E-state index contributed by atoms with van der Waals surface area (Å²) in [7, 11) is 1.59. The lowest BCUT2D eigenvalue weighted by molar-refractivity contribution is -0.122. The van der Waals surface area contributed by atoms with Crippen LogP contribution >= 0.6 is 0 Å². The molecule has 116 valence electrons. The fourth-order valence-corrected chi connectivity index (χ4v) is 1.85. The number of hydrogen-bond acceptors (Lipinski definition) is 5. The number of carbonyl (C=O) groups excluding carboxylic acids is 1. The van der Waals surface area contributed by atoms with Gasteiger partial charge in [0.05, 0.1) is 13.3 Å². The molecule has 0 spiro atoms. The van der Waals surface area contributed by atoms with Gasteiger partial charge in [-0.25, -0.2) is 9.48 Å².